The SMILES string of the molecule is CCc1ccc(NC(=O)CN2CCNCC2C)cc1. The van der Waals surface area contributed by atoms with E-state index in [2.05, 4.69) is 41.5 Å². The van der Waals surface area contributed by atoms with Crippen LogP contribution in [0.3, 0.4) is 0 Å². The van der Waals surface area contributed by atoms with E-state index >= 15 is 0 Å². The number of hydrogen-bond acceptors (Lipinski definition) is 3. The lowest BCUT2D eigenvalue weighted by atomic mass is 10.1. The first-order valence-electron chi connectivity index (χ1n) is 7.02. The van der Waals surface area contributed by atoms with Gasteiger partial charge in [0.2, 0.25) is 5.91 Å². The zero-order valence-electron chi connectivity index (χ0n) is 11.8. The fourth-order valence-electron chi connectivity index (χ4n) is 2.33. The molecular weight excluding hydrogens is 238 g/mol. The number of aryl methyl sites for hydroxylation is 1. The molecule has 1 aliphatic rings. The average molecular weight is 261 g/mol. The van der Waals surface area contributed by atoms with Crippen molar-refractivity contribution in [3.63, 3.8) is 0 Å². The molecule has 19 heavy (non-hydrogen) atoms. The molecule has 0 bridgehead atoms. The van der Waals surface area contributed by atoms with Gasteiger partial charge in [0.05, 0.1) is 6.54 Å². The highest BCUT2D eigenvalue weighted by atomic mass is 16.2. The summed E-state index contributed by atoms with van der Waals surface area (Å²) >= 11 is 0. The molecule has 0 spiro atoms. The highest BCUT2D eigenvalue weighted by molar-refractivity contribution is 5.92. The van der Waals surface area contributed by atoms with Crippen molar-refractivity contribution in [1.29, 1.82) is 0 Å². The van der Waals surface area contributed by atoms with E-state index in [1.165, 1.54) is 5.56 Å². The van der Waals surface area contributed by atoms with Gasteiger partial charge in [-0.3, -0.25) is 9.69 Å². The third kappa shape index (κ3) is 4.04. The van der Waals surface area contributed by atoms with Crippen molar-refractivity contribution < 1.29 is 4.79 Å². The van der Waals surface area contributed by atoms with E-state index in [1.807, 2.05) is 12.1 Å². The number of carbonyl (C=O) groups is 1. The summed E-state index contributed by atoms with van der Waals surface area (Å²) in [5.41, 5.74) is 2.17. The molecule has 2 rings (SSSR count). The Balaban J connectivity index is 1.86. The Morgan fingerprint density at radius 2 is 2.16 bits per heavy atom. The maximum atomic E-state index is 12.0. The van der Waals surface area contributed by atoms with Gasteiger partial charge in [0.1, 0.15) is 0 Å². The van der Waals surface area contributed by atoms with Crippen molar-refractivity contribution in [1.82, 2.24) is 10.2 Å². The minimum absolute atomic E-state index is 0.0676. The largest absolute Gasteiger partial charge is 0.325 e. The molecule has 0 aromatic heterocycles. The lowest BCUT2D eigenvalue weighted by molar-refractivity contribution is -0.118. The third-order valence-corrected chi connectivity index (χ3v) is 3.63. The molecule has 1 unspecified atom stereocenters. The molecule has 1 aromatic rings. The molecule has 0 aliphatic carbocycles. The Bertz CT molecular complexity index is 416. The summed E-state index contributed by atoms with van der Waals surface area (Å²) < 4.78 is 0. The number of piperazine rings is 1. The zero-order chi connectivity index (χ0) is 13.7. The molecular formula is C15H23N3O. The molecule has 1 amide bonds. The zero-order valence-corrected chi connectivity index (χ0v) is 11.8. The predicted molar refractivity (Wildman–Crippen MR) is 78.4 cm³/mol. The first-order chi connectivity index (χ1) is 9.19. The van der Waals surface area contributed by atoms with Gasteiger partial charge in [0.25, 0.3) is 0 Å². The third-order valence-electron chi connectivity index (χ3n) is 3.63. The molecule has 0 radical (unpaired) electrons. The fraction of sp³-hybridized carbons (Fsp3) is 0.533. The average Bonchev–Trinajstić information content (AvgIpc) is 2.42. The quantitative estimate of drug-likeness (QED) is 0.863. The van der Waals surface area contributed by atoms with Crippen LogP contribution in [-0.2, 0) is 11.2 Å². The molecule has 1 fully saturated rings. The monoisotopic (exact) mass is 261 g/mol. The summed E-state index contributed by atoms with van der Waals surface area (Å²) in [6.45, 7) is 7.60. The summed E-state index contributed by atoms with van der Waals surface area (Å²) in [6.07, 6.45) is 1.02. The second-order valence-electron chi connectivity index (χ2n) is 5.12. The van der Waals surface area contributed by atoms with Crippen LogP contribution in [0, 0.1) is 0 Å². The highest BCUT2D eigenvalue weighted by Gasteiger charge is 2.20. The molecule has 2 N–H and O–H groups in total. The number of nitrogens with one attached hydrogen (secondary N) is 2. The summed E-state index contributed by atoms with van der Waals surface area (Å²) in [6, 6.07) is 8.48. The lowest BCUT2D eigenvalue weighted by Crippen LogP contribution is -2.51. The Morgan fingerprint density at radius 1 is 1.42 bits per heavy atom. The summed E-state index contributed by atoms with van der Waals surface area (Å²) in [5.74, 6) is 0.0676. The van der Waals surface area contributed by atoms with Crippen LogP contribution in [0.5, 0.6) is 0 Å². The van der Waals surface area contributed by atoms with Crippen molar-refractivity contribution >= 4 is 11.6 Å². The number of amides is 1. The molecule has 1 heterocycles. The van der Waals surface area contributed by atoms with E-state index < -0.39 is 0 Å². The van der Waals surface area contributed by atoms with E-state index in [0.717, 1.165) is 31.7 Å². The van der Waals surface area contributed by atoms with Crippen molar-refractivity contribution in [2.24, 2.45) is 0 Å². The molecule has 0 saturated carbocycles. The lowest BCUT2D eigenvalue weighted by Gasteiger charge is -2.33. The van der Waals surface area contributed by atoms with Crippen LogP contribution in [0.15, 0.2) is 24.3 Å². The van der Waals surface area contributed by atoms with Crippen LogP contribution < -0.4 is 10.6 Å². The van der Waals surface area contributed by atoms with Gasteiger partial charge < -0.3 is 10.6 Å². The van der Waals surface area contributed by atoms with Crippen molar-refractivity contribution in [3.05, 3.63) is 29.8 Å². The van der Waals surface area contributed by atoms with E-state index in [-0.39, 0.29) is 5.91 Å². The molecule has 4 nitrogen and oxygen atoms in total. The predicted octanol–water partition coefficient (Wildman–Crippen LogP) is 1.48. The first-order valence-corrected chi connectivity index (χ1v) is 7.02. The standard InChI is InChI=1S/C15H23N3O/c1-3-13-4-6-14(7-5-13)17-15(19)11-18-9-8-16-10-12(18)2/h4-7,12,16H,3,8-11H2,1-2H3,(H,17,19). The molecule has 1 aromatic carbocycles. The molecule has 104 valence electrons. The number of nitrogens with zero attached hydrogens (tertiary/aromatic N) is 1. The smallest absolute Gasteiger partial charge is 0.238 e. The second kappa shape index (κ2) is 6.68. The summed E-state index contributed by atoms with van der Waals surface area (Å²) in [7, 11) is 0. The number of hydrogen-bond donors (Lipinski definition) is 2. The summed E-state index contributed by atoms with van der Waals surface area (Å²) in [4.78, 5) is 14.2. The second-order valence-corrected chi connectivity index (χ2v) is 5.12. The van der Waals surface area contributed by atoms with E-state index in [0.29, 0.717) is 12.6 Å². The normalized spacial score (nSPS) is 20.2. The van der Waals surface area contributed by atoms with Gasteiger partial charge >= 0.3 is 0 Å². The Morgan fingerprint density at radius 3 is 2.79 bits per heavy atom. The van der Waals surface area contributed by atoms with Crippen LogP contribution in [0.1, 0.15) is 19.4 Å². The number of rotatable bonds is 4. The summed E-state index contributed by atoms with van der Waals surface area (Å²) in [5, 5.41) is 6.29. The van der Waals surface area contributed by atoms with Gasteiger partial charge in [-0.1, -0.05) is 19.1 Å². The highest BCUT2D eigenvalue weighted by Crippen LogP contribution is 2.10. The Labute approximate surface area is 115 Å². The maximum Gasteiger partial charge on any atom is 0.238 e. The first kappa shape index (κ1) is 14.0. The molecule has 4 heteroatoms. The van der Waals surface area contributed by atoms with Crippen molar-refractivity contribution in [2.75, 3.05) is 31.5 Å². The number of benzene rings is 1. The minimum Gasteiger partial charge on any atom is -0.325 e. The Hall–Kier alpha value is -1.39. The van der Waals surface area contributed by atoms with Crippen LogP contribution in [-0.4, -0.2) is 43.0 Å². The van der Waals surface area contributed by atoms with Gasteiger partial charge in [-0.15, -0.1) is 0 Å². The van der Waals surface area contributed by atoms with Gasteiger partial charge in [-0.25, -0.2) is 0 Å². The number of anilines is 1. The fourth-order valence-corrected chi connectivity index (χ4v) is 2.33. The van der Waals surface area contributed by atoms with Gasteiger partial charge in [-0.2, -0.15) is 0 Å². The molecule has 1 atom stereocenters. The molecule has 1 aliphatic heterocycles. The topological polar surface area (TPSA) is 44.4 Å². The van der Waals surface area contributed by atoms with E-state index in [1.54, 1.807) is 0 Å². The van der Waals surface area contributed by atoms with Crippen molar-refractivity contribution in [3.8, 4) is 0 Å². The van der Waals surface area contributed by atoms with Gasteiger partial charge in [0.15, 0.2) is 0 Å². The minimum atomic E-state index is 0.0676. The molecule has 1 saturated heterocycles. The van der Waals surface area contributed by atoms with E-state index in [9.17, 15) is 4.79 Å². The van der Waals surface area contributed by atoms with Crippen LogP contribution in [0.4, 0.5) is 5.69 Å². The number of carbonyl (C=O) groups excluding carboxylic acids is 1. The maximum absolute atomic E-state index is 12.0. The van der Waals surface area contributed by atoms with Crippen LogP contribution in [0.25, 0.3) is 0 Å². The van der Waals surface area contributed by atoms with Gasteiger partial charge in [-0.05, 0) is 31.0 Å². The van der Waals surface area contributed by atoms with Crippen LogP contribution in [0.2, 0.25) is 0 Å². The Kier molecular flexibility index (Phi) is 4.93. The van der Waals surface area contributed by atoms with Crippen LogP contribution >= 0.6 is 0 Å². The van der Waals surface area contributed by atoms with Gasteiger partial charge in [0, 0.05) is 31.4 Å². The van der Waals surface area contributed by atoms with E-state index in [4.69, 9.17) is 0 Å². The van der Waals surface area contributed by atoms with Crippen molar-refractivity contribution in [2.45, 2.75) is 26.3 Å².